The third kappa shape index (κ3) is 5.27. The maximum absolute atomic E-state index is 11.1. The number of non-ortho nitro benzene ring substituents is 2. The van der Waals surface area contributed by atoms with E-state index in [2.05, 4.69) is 30.9 Å². The van der Waals surface area contributed by atoms with Gasteiger partial charge in [0.25, 0.3) is 11.4 Å². The van der Waals surface area contributed by atoms with Gasteiger partial charge in [0.2, 0.25) is 11.0 Å². The van der Waals surface area contributed by atoms with Gasteiger partial charge in [-0.05, 0) is 40.3 Å². The summed E-state index contributed by atoms with van der Waals surface area (Å²) in [4.78, 5) is 22.0. The van der Waals surface area contributed by atoms with Crippen molar-refractivity contribution in [2.75, 3.05) is 5.75 Å². The van der Waals surface area contributed by atoms with Gasteiger partial charge < -0.3 is 0 Å². The lowest BCUT2D eigenvalue weighted by molar-refractivity contribution is -0.394. The number of halogens is 2. The van der Waals surface area contributed by atoms with Crippen molar-refractivity contribution in [1.29, 1.82) is 0 Å². The molecule has 34 heavy (non-hydrogen) atoms. The SMILES string of the molecule is O=[N+]([O-])c1cc(-c2nnn(CCCSc3nnnn3-c3ccc(Cl)c(Cl)c3)n2)cc([N+](=O)[O-])c1. The van der Waals surface area contributed by atoms with Crippen LogP contribution in [0.4, 0.5) is 11.4 Å². The molecular formula is C17H12Cl2N10O4S. The molecule has 174 valence electrons. The Morgan fingerprint density at radius 3 is 2.35 bits per heavy atom. The molecule has 0 aliphatic heterocycles. The minimum Gasteiger partial charge on any atom is -0.258 e. The Morgan fingerprint density at radius 2 is 1.68 bits per heavy atom. The van der Waals surface area contributed by atoms with E-state index in [1.165, 1.54) is 21.2 Å². The first-order valence-corrected chi connectivity index (χ1v) is 11.1. The van der Waals surface area contributed by atoms with Crippen LogP contribution in [0, 0.1) is 20.2 Å². The van der Waals surface area contributed by atoms with Crippen LogP contribution in [0.25, 0.3) is 17.1 Å². The van der Waals surface area contributed by atoms with Crippen LogP contribution in [0.2, 0.25) is 10.0 Å². The number of thioether (sulfide) groups is 1. The van der Waals surface area contributed by atoms with Crippen molar-refractivity contribution in [2.45, 2.75) is 18.1 Å². The Labute approximate surface area is 204 Å². The summed E-state index contributed by atoms with van der Waals surface area (Å²) >= 11 is 13.4. The van der Waals surface area contributed by atoms with Crippen molar-refractivity contribution in [1.82, 2.24) is 40.4 Å². The summed E-state index contributed by atoms with van der Waals surface area (Å²) in [5, 5.41) is 47.1. The standard InChI is InChI=1S/C17H12Cl2N10O4S/c18-14-3-2-11(9-15(14)19)27-17(21-23-25-27)34-5-1-4-26-22-16(20-24-26)10-6-12(28(30)31)8-13(7-10)29(32)33/h2-3,6-9H,1,4-5H2. The maximum atomic E-state index is 11.1. The van der Waals surface area contributed by atoms with Gasteiger partial charge in [-0.15, -0.1) is 15.3 Å². The second-order valence-electron chi connectivity index (χ2n) is 6.63. The molecule has 2 heterocycles. The highest BCUT2D eigenvalue weighted by molar-refractivity contribution is 7.99. The predicted octanol–water partition coefficient (Wildman–Crippen LogP) is 3.62. The molecule has 0 atom stereocenters. The van der Waals surface area contributed by atoms with Gasteiger partial charge in [-0.2, -0.15) is 9.48 Å². The Bertz CT molecular complexity index is 1350. The molecule has 0 bridgehead atoms. The number of nitro groups is 2. The monoisotopic (exact) mass is 522 g/mol. The zero-order valence-electron chi connectivity index (χ0n) is 16.9. The summed E-state index contributed by atoms with van der Waals surface area (Å²) < 4.78 is 1.54. The van der Waals surface area contributed by atoms with Crippen molar-refractivity contribution in [3.63, 3.8) is 0 Å². The normalized spacial score (nSPS) is 11.0. The largest absolute Gasteiger partial charge is 0.277 e. The smallest absolute Gasteiger partial charge is 0.258 e. The molecule has 0 amide bonds. The van der Waals surface area contributed by atoms with Crippen molar-refractivity contribution >= 4 is 46.3 Å². The highest BCUT2D eigenvalue weighted by atomic mass is 35.5. The van der Waals surface area contributed by atoms with E-state index in [-0.39, 0.29) is 11.4 Å². The van der Waals surface area contributed by atoms with Crippen molar-refractivity contribution in [3.8, 4) is 17.1 Å². The molecule has 0 saturated heterocycles. The number of hydrogen-bond acceptors (Lipinski definition) is 11. The topological polar surface area (TPSA) is 173 Å². The van der Waals surface area contributed by atoms with Gasteiger partial charge in [-0.25, -0.2) is 0 Å². The van der Waals surface area contributed by atoms with Crippen LogP contribution in [-0.2, 0) is 6.54 Å². The second-order valence-corrected chi connectivity index (χ2v) is 8.51. The Hall–Kier alpha value is -3.69. The number of tetrazole rings is 2. The van der Waals surface area contributed by atoms with Gasteiger partial charge >= 0.3 is 0 Å². The number of nitro benzene ring substituents is 2. The van der Waals surface area contributed by atoms with E-state index in [4.69, 9.17) is 23.2 Å². The van der Waals surface area contributed by atoms with Gasteiger partial charge in [-0.1, -0.05) is 35.0 Å². The van der Waals surface area contributed by atoms with E-state index < -0.39 is 21.2 Å². The number of nitrogens with zero attached hydrogens (tertiary/aromatic N) is 10. The molecular weight excluding hydrogens is 511 g/mol. The molecule has 4 aromatic rings. The first kappa shape index (κ1) is 23.5. The summed E-state index contributed by atoms with van der Waals surface area (Å²) in [6, 6.07) is 8.24. The molecule has 0 N–H and O–H groups in total. The van der Waals surface area contributed by atoms with E-state index in [9.17, 15) is 20.2 Å². The first-order chi connectivity index (χ1) is 16.3. The van der Waals surface area contributed by atoms with E-state index in [1.807, 2.05) is 0 Å². The third-order valence-electron chi connectivity index (χ3n) is 4.36. The minimum atomic E-state index is -0.719. The first-order valence-electron chi connectivity index (χ1n) is 9.40. The van der Waals surface area contributed by atoms with Gasteiger partial charge in [0.05, 0.1) is 38.2 Å². The van der Waals surface area contributed by atoms with Gasteiger partial charge in [-0.3, -0.25) is 20.2 Å². The van der Waals surface area contributed by atoms with Crippen LogP contribution >= 0.6 is 35.0 Å². The molecule has 0 unspecified atom stereocenters. The molecule has 0 saturated carbocycles. The van der Waals surface area contributed by atoms with Crippen LogP contribution in [-0.4, -0.2) is 56.0 Å². The fourth-order valence-electron chi connectivity index (χ4n) is 2.81. The zero-order valence-corrected chi connectivity index (χ0v) is 19.2. The van der Waals surface area contributed by atoms with E-state index in [0.29, 0.717) is 39.6 Å². The Morgan fingerprint density at radius 1 is 0.941 bits per heavy atom. The number of aromatic nitrogens is 8. The van der Waals surface area contributed by atoms with Crippen molar-refractivity contribution in [3.05, 3.63) is 66.7 Å². The van der Waals surface area contributed by atoms with Crippen LogP contribution in [0.15, 0.2) is 41.6 Å². The molecule has 17 heteroatoms. The van der Waals surface area contributed by atoms with Gasteiger partial charge in [0.15, 0.2) is 0 Å². The average molecular weight is 523 g/mol. The summed E-state index contributed by atoms with van der Waals surface area (Å²) in [6.45, 7) is 0.380. The van der Waals surface area contributed by atoms with Crippen molar-refractivity contribution in [2.24, 2.45) is 0 Å². The molecule has 0 spiro atoms. The average Bonchev–Trinajstić information content (AvgIpc) is 3.48. The van der Waals surface area contributed by atoms with Gasteiger partial charge in [0, 0.05) is 23.4 Å². The van der Waals surface area contributed by atoms with Crippen LogP contribution in [0.5, 0.6) is 0 Å². The van der Waals surface area contributed by atoms with Gasteiger partial charge in [0.1, 0.15) is 0 Å². The van der Waals surface area contributed by atoms with Crippen LogP contribution in [0.3, 0.4) is 0 Å². The van der Waals surface area contributed by atoms with Crippen LogP contribution in [0.1, 0.15) is 6.42 Å². The van der Waals surface area contributed by atoms with E-state index in [1.54, 1.807) is 18.2 Å². The maximum Gasteiger partial charge on any atom is 0.277 e. The van der Waals surface area contributed by atoms with Crippen molar-refractivity contribution < 1.29 is 9.85 Å². The summed E-state index contributed by atoms with van der Waals surface area (Å²) in [5.41, 5.74) is -0.0776. The summed E-state index contributed by atoms with van der Waals surface area (Å²) in [7, 11) is 0. The second kappa shape index (κ2) is 10.1. The fourth-order valence-corrected chi connectivity index (χ4v) is 3.91. The highest BCUT2D eigenvalue weighted by Crippen LogP contribution is 2.28. The summed E-state index contributed by atoms with van der Waals surface area (Å²) in [5.74, 6) is 0.656. The number of rotatable bonds is 9. The lowest BCUT2D eigenvalue weighted by atomic mass is 10.1. The number of hydrogen-bond donors (Lipinski definition) is 0. The Kier molecular flexibility index (Phi) is 6.95. The Balaban J connectivity index is 1.39. The lowest BCUT2D eigenvalue weighted by Gasteiger charge is -2.05. The number of aryl methyl sites for hydroxylation is 1. The van der Waals surface area contributed by atoms with Crippen LogP contribution < -0.4 is 0 Å². The molecule has 2 aromatic heterocycles. The highest BCUT2D eigenvalue weighted by Gasteiger charge is 2.19. The molecule has 0 aliphatic carbocycles. The summed E-state index contributed by atoms with van der Waals surface area (Å²) in [6.07, 6.45) is 0.615. The zero-order chi connectivity index (χ0) is 24.2. The molecule has 4 rings (SSSR count). The fraction of sp³-hybridized carbons (Fsp3) is 0.176. The quantitative estimate of drug-likeness (QED) is 0.136. The molecule has 2 aromatic carbocycles. The number of benzene rings is 2. The van der Waals surface area contributed by atoms with E-state index >= 15 is 0 Å². The van der Waals surface area contributed by atoms with E-state index in [0.717, 1.165) is 18.2 Å². The molecule has 0 aliphatic rings. The predicted molar refractivity (Wildman–Crippen MR) is 121 cm³/mol. The molecule has 0 radical (unpaired) electrons. The third-order valence-corrected chi connectivity index (χ3v) is 6.10. The molecule has 0 fully saturated rings. The minimum absolute atomic E-state index is 0.0445. The lowest BCUT2D eigenvalue weighted by Crippen LogP contribution is -2.04. The molecule has 14 nitrogen and oxygen atoms in total.